The Morgan fingerprint density at radius 3 is 2.33 bits per heavy atom. The number of rotatable bonds is 7. The summed E-state index contributed by atoms with van der Waals surface area (Å²) >= 11 is 0. The van der Waals surface area contributed by atoms with Crippen molar-refractivity contribution in [3.63, 3.8) is 0 Å². The maximum Gasteiger partial charge on any atom is 0.276 e. The molecule has 4 rings (SSSR count). The number of benzene rings is 2. The van der Waals surface area contributed by atoms with Gasteiger partial charge in [-0.25, -0.2) is 0 Å². The van der Waals surface area contributed by atoms with Crippen molar-refractivity contribution in [2.45, 2.75) is 58.9 Å². The minimum atomic E-state index is -0.245. The van der Waals surface area contributed by atoms with Gasteiger partial charge in [0.1, 0.15) is 11.4 Å². The fourth-order valence-corrected chi connectivity index (χ4v) is 4.53. The molecule has 172 valence electrons. The number of aryl methyl sites for hydroxylation is 2. The van der Waals surface area contributed by atoms with Crippen LogP contribution in [0, 0.1) is 0 Å². The Balaban J connectivity index is 1.72. The van der Waals surface area contributed by atoms with Crippen molar-refractivity contribution in [1.29, 1.82) is 0 Å². The van der Waals surface area contributed by atoms with E-state index in [-0.39, 0.29) is 11.7 Å². The van der Waals surface area contributed by atoms with Gasteiger partial charge in [0.15, 0.2) is 11.5 Å². The fourth-order valence-electron chi connectivity index (χ4n) is 4.53. The third-order valence-corrected chi connectivity index (χ3v) is 6.34. The Kier molecular flexibility index (Phi) is 6.92. The van der Waals surface area contributed by atoms with Gasteiger partial charge in [-0.1, -0.05) is 44.2 Å². The lowest BCUT2D eigenvalue weighted by Crippen LogP contribution is -2.17. The number of nitrogens with one attached hydrogen (secondary N) is 1. The molecule has 6 heteroatoms. The van der Waals surface area contributed by atoms with Gasteiger partial charge in [-0.15, -0.1) is 0 Å². The number of para-hydroxylation sites is 1. The molecule has 1 aliphatic carbocycles. The molecule has 0 atom stereocenters. The number of anilines is 1. The van der Waals surface area contributed by atoms with Crippen LogP contribution in [0.3, 0.4) is 0 Å². The summed E-state index contributed by atoms with van der Waals surface area (Å²) in [7, 11) is 1.63. The molecule has 1 amide bonds. The van der Waals surface area contributed by atoms with E-state index in [1.165, 1.54) is 0 Å². The standard InChI is InChI=1S/C27H31N3O3/c1-4-19-9-8-10-20(5-2)24(19)28-27(32)25-22-11-6-7-12-23(31)26(22)30(29-25)17-18-13-15-21(33-3)16-14-18/h8-10,13-16H,4-7,11-12,17H2,1-3H3,(H,28,32). The Labute approximate surface area is 195 Å². The van der Waals surface area contributed by atoms with Crippen LogP contribution >= 0.6 is 0 Å². The Morgan fingerprint density at radius 2 is 1.70 bits per heavy atom. The van der Waals surface area contributed by atoms with E-state index in [9.17, 15) is 9.59 Å². The zero-order valence-corrected chi connectivity index (χ0v) is 19.6. The van der Waals surface area contributed by atoms with Gasteiger partial charge >= 0.3 is 0 Å². The third kappa shape index (κ3) is 4.70. The first-order chi connectivity index (χ1) is 16.0. The number of ether oxygens (including phenoxy) is 1. The highest BCUT2D eigenvalue weighted by Crippen LogP contribution is 2.28. The van der Waals surface area contributed by atoms with Gasteiger partial charge in [-0.3, -0.25) is 14.3 Å². The minimum Gasteiger partial charge on any atom is -0.497 e. The fraction of sp³-hybridized carbons (Fsp3) is 0.370. The molecule has 0 unspecified atom stereocenters. The van der Waals surface area contributed by atoms with Crippen LogP contribution in [0.25, 0.3) is 0 Å². The molecule has 33 heavy (non-hydrogen) atoms. The predicted octanol–water partition coefficient (Wildman–Crippen LogP) is 5.23. The highest BCUT2D eigenvalue weighted by atomic mass is 16.5. The molecule has 0 bridgehead atoms. The van der Waals surface area contributed by atoms with E-state index in [4.69, 9.17) is 4.74 Å². The van der Waals surface area contributed by atoms with Crippen LogP contribution in [0.5, 0.6) is 5.75 Å². The van der Waals surface area contributed by atoms with Crippen molar-refractivity contribution in [1.82, 2.24) is 9.78 Å². The lowest BCUT2D eigenvalue weighted by Gasteiger charge is -2.14. The molecule has 3 aromatic rings. The number of Topliss-reactive ketones (excluding diaryl/α,β-unsaturated/α-hetero) is 1. The van der Waals surface area contributed by atoms with E-state index in [0.717, 1.165) is 59.4 Å². The topological polar surface area (TPSA) is 73.2 Å². The summed E-state index contributed by atoms with van der Waals surface area (Å²) in [5, 5.41) is 7.81. The number of ketones is 1. The van der Waals surface area contributed by atoms with Crippen LogP contribution in [-0.2, 0) is 25.8 Å². The third-order valence-electron chi connectivity index (χ3n) is 6.34. The van der Waals surface area contributed by atoms with Crippen LogP contribution in [0.4, 0.5) is 5.69 Å². The molecule has 0 saturated heterocycles. The molecule has 0 fully saturated rings. The molecule has 0 saturated carbocycles. The normalized spacial score (nSPS) is 13.4. The Bertz CT molecular complexity index is 1140. The molecular formula is C27H31N3O3. The van der Waals surface area contributed by atoms with Crippen LogP contribution in [0.2, 0.25) is 0 Å². The molecule has 2 aromatic carbocycles. The van der Waals surface area contributed by atoms with Crippen molar-refractivity contribution in [3.8, 4) is 5.75 Å². The summed E-state index contributed by atoms with van der Waals surface area (Å²) in [6.07, 6.45) is 4.52. The number of fused-ring (bicyclic) bond motifs is 1. The first-order valence-corrected chi connectivity index (χ1v) is 11.7. The molecule has 0 radical (unpaired) electrons. The van der Waals surface area contributed by atoms with Crippen molar-refractivity contribution in [2.75, 3.05) is 12.4 Å². The molecule has 1 heterocycles. The van der Waals surface area contributed by atoms with Gasteiger partial charge in [-0.2, -0.15) is 5.10 Å². The van der Waals surface area contributed by atoms with E-state index in [2.05, 4.69) is 24.3 Å². The molecule has 0 aliphatic heterocycles. The van der Waals surface area contributed by atoms with Gasteiger partial charge in [-0.05, 0) is 60.9 Å². The number of hydrogen-bond acceptors (Lipinski definition) is 4. The molecule has 1 aromatic heterocycles. The van der Waals surface area contributed by atoms with Gasteiger partial charge in [0, 0.05) is 17.7 Å². The van der Waals surface area contributed by atoms with Gasteiger partial charge in [0.25, 0.3) is 5.91 Å². The van der Waals surface area contributed by atoms with Crippen LogP contribution < -0.4 is 10.1 Å². The number of carbonyl (C=O) groups excluding carboxylic acids is 2. The number of hydrogen-bond donors (Lipinski definition) is 1. The first-order valence-electron chi connectivity index (χ1n) is 11.7. The maximum atomic E-state index is 13.5. The SMILES string of the molecule is CCc1cccc(CC)c1NC(=O)c1nn(Cc2ccc(OC)cc2)c2c1CCCCC2=O. The average Bonchev–Trinajstić information content (AvgIpc) is 3.08. The Morgan fingerprint density at radius 1 is 1.03 bits per heavy atom. The number of nitrogens with zero attached hydrogens (tertiary/aromatic N) is 2. The maximum absolute atomic E-state index is 13.5. The lowest BCUT2D eigenvalue weighted by molar-refractivity contribution is 0.0970. The second kappa shape index (κ2) is 10.0. The number of aromatic nitrogens is 2. The number of carbonyl (C=O) groups is 2. The molecule has 1 aliphatic rings. The van der Waals surface area contributed by atoms with Crippen molar-refractivity contribution < 1.29 is 14.3 Å². The zero-order valence-electron chi connectivity index (χ0n) is 19.6. The van der Waals surface area contributed by atoms with Gasteiger partial charge < -0.3 is 10.1 Å². The van der Waals surface area contributed by atoms with E-state index in [1.54, 1.807) is 11.8 Å². The van der Waals surface area contributed by atoms with Crippen LogP contribution in [-0.4, -0.2) is 28.6 Å². The number of amides is 1. The summed E-state index contributed by atoms with van der Waals surface area (Å²) in [6, 6.07) is 13.8. The van der Waals surface area contributed by atoms with Crippen molar-refractivity contribution >= 4 is 17.4 Å². The zero-order chi connectivity index (χ0) is 23.4. The first kappa shape index (κ1) is 22.8. The van der Waals surface area contributed by atoms with Gasteiger partial charge in [0.05, 0.1) is 13.7 Å². The van der Waals surface area contributed by atoms with E-state index in [0.29, 0.717) is 30.8 Å². The minimum absolute atomic E-state index is 0.0609. The quantitative estimate of drug-likeness (QED) is 0.506. The summed E-state index contributed by atoms with van der Waals surface area (Å²) in [5.41, 5.74) is 5.77. The second-order valence-electron chi connectivity index (χ2n) is 8.42. The highest BCUT2D eigenvalue weighted by molar-refractivity contribution is 6.07. The summed E-state index contributed by atoms with van der Waals surface area (Å²) < 4.78 is 6.96. The smallest absolute Gasteiger partial charge is 0.276 e. The largest absolute Gasteiger partial charge is 0.497 e. The predicted molar refractivity (Wildman–Crippen MR) is 129 cm³/mol. The monoisotopic (exact) mass is 445 g/mol. The molecule has 6 nitrogen and oxygen atoms in total. The number of methoxy groups -OCH3 is 1. The van der Waals surface area contributed by atoms with E-state index in [1.807, 2.05) is 42.5 Å². The van der Waals surface area contributed by atoms with E-state index >= 15 is 0 Å². The lowest BCUT2D eigenvalue weighted by atomic mass is 10.0. The van der Waals surface area contributed by atoms with Crippen LogP contribution in [0.15, 0.2) is 42.5 Å². The Hall–Kier alpha value is -3.41. The summed E-state index contributed by atoms with van der Waals surface area (Å²) in [5.74, 6) is 0.589. The highest BCUT2D eigenvalue weighted by Gasteiger charge is 2.29. The molecular weight excluding hydrogens is 414 g/mol. The van der Waals surface area contributed by atoms with Crippen molar-refractivity contribution in [2.24, 2.45) is 0 Å². The summed E-state index contributed by atoms with van der Waals surface area (Å²) in [6.45, 7) is 4.59. The van der Waals surface area contributed by atoms with Gasteiger partial charge in [0.2, 0.25) is 0 Å². The molecule has 1 N–H and O–H groups in total. The van der Waals surface area contributed by atoms with Crippen LogP contribution in [0.1, 0.15) is 76.3 Å². The van der Waals surface area contributed by atoms with E-state index < -0.39 is 0 Å². The molecule has 0 spiro atoms. The average molecular weight is 446 g/mol. The second-order valence-corrected chi connectivity index (χ2v) is 8.42. The summed E-state index contributed by atoms with van der Waals surface area (Å²) in [4.78, 5) is 26.5. The van der Waals surface area contributed by atoms with Crippen molar-refractivity contribution in [3.05, 3.63) is 76.1 Å².